The van der Waals surface area contributed by atoms with Crippen molar-refractivity contribution < 1.29 is 0 Å². The van der Waals surface area contributed by atoms with Gasteiger partial charge < -0.3 is 0 Å². The summed E-state index contributed by atoms with van der Waals surface area (Å²) in [6.07, 6.45) is 0. The van der Waals surface area contributed by atoms with Gasteiger partial charge in [0, 0.05) is 12.3 Å². The predicted molar refractivity (Wildman–Crippen MR) is 30.1 cm³/mol. The maximum atomic E-state index is 5.56. The molecule has 0 saturated carbocycles. The summed E-state index contributed by atoms with van der Waals surface area (Å²) in [6, 6.07) is 0. The van der Waals surface area contributed by atoms with Crippen LogP contribution in [0.15, 0.2) is 0 Å². The summed E-state index contributed by atoms with van der Waals surface area (Å²) in [5.41, 5.74) is 0. The van der Waals surface area contributed by atoms with Crippen LogP contribution in [0.5, 0.6) is 0 Å². The Bertz CT molecular complexity index is 44.1. The van der Waals surface area contributed by atoms with E-state index in [1.54, 1.807) is 11.8 Å². The van der Waals surface area contributed by atoms with Gasteiger partial charge in [0.05, 0.1) is 0 Å². The zero-order chi connectivity index (χ0) is 4.41. The number of alkyl halides is 1. The highest BCUT2D eigenvalue weighted by atomic mass is 35.5. The highest BCUT2D eigenvalue weighted by molar-refractivity contribution is 8.01. The van der Waals surface area contributed by atoms with Crippen molar-refractivity contribution in [1.82, 2.24) is 5.32 Å². The van der Waals surface area contributed by atoms with Gasteiger partial charge in [-0.2, -0.15) is 0 Å². The molecule has 1 saturated heterocycles. The van der Waals surface area contributed by atoms with E-state index in [1.165, 1.54) is 0 Å². The number of thioether (sulfide) groups is 1. The van der Waals surface area contributed by atoms with Crippen LogP contribution in [-0.4, -0.2) is 17.1 Å². The Kier molecular flexibility index (Phi) is 1.62. The second-order valence-electron chi connectivity index (χ2n) is 1.14. The Balaban J connectivity index is 2.18. The normalized spacial score (nSPS) is 34.5. The zero-order valence-corrected chi connectivity index (χ0v) is 4.85. The van der Waals surface area contributed by atoms with Crippen LogP contribution in [0.4, 0.5) is 0 Å². The van der Waals surface area contributed by atoms with Gasteiger partial charge in [-0.1, -0.05) is 11.6 Å². The summed E-state index contributed by atoms with van der Waals surface area (Å²) < 4.78 is 0. The monoisotopic (exact) mass is 123 g/mol. The van der Waals surface area contributed by atoms with Crippen molar-refractivity contribution in [2.24, 2.45) is 0 Å². The predicted octanol–water partition coefficient (Wildman–Crippen LogP) is 0.845. The van der Waals surface area contributed by atoms with E-state index in [4.69, 9.17) is 11.6 Å². The molecule has 6 heavy (non-hydrogen) atoms. The molecule has 1 nitrogen and oxygen atoms in total. The van der Waals surface area contributed by atoms with Gasteiger partial charge in [-0.3, -0.25) is 5.32 Å². The van der Waals surface area contributed by atoms with Gasteiger partial charge in [-0.05, 0) is 0 Å². The molecule has 0 bridgehead atoms. The molecule has 1 fully saturated rings. The fourth-order valence-corrected chi connectivity index (χ4v) is 1.45. The molecule has 1 unspecified atom stereocenters. The number of nitrogens with one attached hydrogen (secondary N) is 1. The largest absolute Gasteiger partial charge is 0.292 e. The first-order valence-electron chi connectivity index (χ1n) is 1.88. The van der Waals surface area contributed by atoms with Gasteiger partial charge in [0.25, 0.3) is 0 Å². The van der Waals surface area contributed by atoms with E-state index in [0.717, 1.165) is 12.3 Å². The van der Waals surface area contributed by atoms with Crippen molar-refractivity contribution in [3.63, 3.8) is 0 Å². The van der Waals surface area contributed by atoms with Crippen LogP contribution in [0.25, 0.3) is 0 Å². The Morgan fingerprint density at radius 2 is 2.67 bits per heavy atom. The van der Waals surface area contributed by atoms with Crippen molar-refractivity contribution in [3.05, 3.63) is 0 Å². The van der Waals surface area contributed by atoms with Gasteiger partial charge in [0.15, 0.2) is 0 Å². The van der Waals surface area contributed by atoms with Gasteiger partial charge in [0.1, 0.15) is 4.83 Å². The lowest BCUT2D eigenvalue weighted by Crippen LogP contribution is -2.12. The van der Waals surface area contributed by atoms with E-state index in [1.807, 2.05) is 0 Å². The maximum Gasteiger partial charge on any atom is 0.129 e. The fourth-order valence-electron chi connectivity index (χ4n) is 0.394. The molecule has 1 aliphatic rings. The molecular formula is C3H6ClNS. The number of rotatable bonds is 0. The van der Waals surface area contributed by atoms with Crippen LogP contribution in [0, 0.1) is 0 Å². The quantitative estimate of drug-likeness (QED) is 0.379. The smallest absolute Gasteiger partial charge is 0.129 e. The Labute approximate surface area is 46.4 Å². The summed E-state index contributed by atoms with van der Waals surface area (Å²) in [4.78, 5) is 0.185. The SMILES string of the molecule is ClC1NCCS1. The molecule has 0 spiro atoms. The average Bonchev–Trinajstić information content (AvgIpc) is 1.86. The summed E-state index contributed by atoms with van der Waals surface area (Å²) in [5, 5.41) is 3.05. The van der Waals surface area contributed by atoms with E-state index in [2.05, 4.69) is 5.32 Å². The highest BCUT2D eigenvalue weighted by Crippen LogP contribution is 2.15. The van der Waals surface area contributed by atoms with E-state index in [-0.39, 0.29) is 4.83 Å². The molecule has 1 aliphatic heterocycles. The third-order valence-corrected chi connectivity index (χ3v) is 2.10. The lowest BCUT2D eigenvalue weighted by atomic mass is 10.8. The van der Waals surface area contributed by atoms with Gasteiger partial charge in [-0.15, -0.1) is 11.8 Å². The van der Waals surface area contributed by atoms with Gasteiger partial charge in [0.2, 0.25) is 0 Å². The van der Waals surface area contributed by atoms with Crippen molar-refractivity contribution in [3.8, 4) is 0 Å². The minimum Gasteiger partial charge on any atom is -0.292 e. The van der Waals surface area contributed by atoms with Gasteiger partial charge >= 0.3 is 0 Å². The summed E-state index contributed by atoms with van der Waals surface area (Å²) in [5.74, 6) is 1.16. The summed E-state index contributed by atoms with van der Waals surface area (Å²) in [6.45, 7) is 1.07. The molecular weight excluding hydrogens is 118 g/mol. The molecule has 1 N–H and O–H groups in total. The van der Waals surface area contributed by atoms with E-state index < -0.39 is 0 Å². The lowest BCUT2D eigenvalue weighted by Gasteiger charge is -1.91. The van der Waals surface area contributed by atoms with Crippen LogP contribution in [0.3, 0.4) is 0 Å². The number of halogens is 1. The topological polar surface area (TPSA) is 12.0 Å². The molecule has 1 atom stereocenters. The van der Waals surface area contributed by atoms with Crippen molar-refractivity contribution in [1.29, 1.82) is 0 Å². The number of hydrogen-bond acceptors (Lipinski definition) is 2. The third-order valence-electron chi connectivity index (χ3n) is 0.671. The Morgan fingerprint density at radius 3 is 2.83 bits per heavy atom. The van der Waals surface area contributed by atoms with Gasteiger partial charge in [-0.25, -0.2) is 0 Å². The first-order chi connectivity index (χ1) is 2.89. The first kappa shape index (κ1) is 4.75. The molecule has 0 radical (unpaired) electrons. The molecule has 0 aromatic heterocycles. The zero-order valence-electron chi connectivity index (χ0n) is 3.28. The van der Waals surface area contributed by atoms with Crippen LogP contribution >= 0.6 is 23.4 Å². The number of hydrogen-bond donors (Lipinski definition) is 1. The Morgan fingerprint density at radius 1 is 1.83 bits per heavy atom. The standard InChI is InChI=1S/C3H6ClNS/c4-3-5-1-2-6-3/h3,5H,1-2H2. The van der Waals surface area contributed by atoms with E-state index >= 15 is 0 Å². The second kappa shape index (κ2) is 2.05. The van der Waals surface area contributed by atoms with Crippen LogP contribution in [0.2, 0.25) is 0 Å². The average molecular weight is 124 g/mol. The second-order valence-corrected chi connectivity index (χ2v) is 3.05. The molecule has 0 aliphatic carbocycles. The maximum absolute atomic E-state index is 5.56. The summed E-state index contributed by atoms with van der Waals surface area (Å²) >= 11 is 7.32. The van der Waals surface area contributed by atoms with Crippen LogP contribution in [0.1, 0.15) is 0 Å². The van der Waals surface area contributed by atoms with Crippen molar-refractivity contribution >= 4 is 23.4 Å². The molecule has 1 heterocycles. The van der Waals surface area contributed by atoms with E-state index in [9.17, 15) is 0 Å². The molecule has 36 valence electrons. The van der Waals surface area contributed by atoms with Crippen molar-refractivity contribution in [2.75, 3.05) is 12.3 Å². The first-order valence-corrected chi connectivity index (χ1v) is 3.37. The highest BCUT2D eigenvalue weighted by Gasteiger charge is 2.08. The molecule has 0 aromatic carbocycles. The van der Waals surface area contributed by atoms with Crippen molar-refractivity contribution in [2.45, 2.75) is 4.83 Å². The van der Waals surface area contributed by atoms with Crippen LogP contribution < -0.4 is 5.32 Å². The Hall–Kier alpha value is 0.600. The minimum absolute atomic E-state index is 0.185. The lowest BCUT2D eigenvalue weighted by molar-refractivity contribution is 0.848. The minimum atomic E-state index is 0.185. The molecule has 1 rings (SSSR count). The third kappa shape index (κ3) is 1.03. The molecule has 3 heteroatoms. The summed E-state index contributed by atoms with van der Waals surface area (Å²) in [7, 11) is 0. The molecule has 0 amide bonds. The molecule has 0 aromatic rings. The fraction of sp³-hybridized carbons (Fsp3) is 1.00. The van der Waals surface area contributed by atoms with Crippen LogP contribution in [-0.2, 0) is 0 Å². The van der Waals surface area contributed by atoms with E-state index in [0.29, 0.717) is 0 Å².